The van der Waals surface area contributed by atoms with Gasteiger partial charge in [0.2, 0.25) is 0 Å². The average Bonchev–Trinajstić information content (AvgIpc) is 3.38. The highest BCUT2D eigenvalue weighted by Crippen LogP contribution is 2.23. The predicted molar refractivity (Wildman–Crippen MR) is 153 cm³/mol. The summed E-state index contributed by atoms with van der Waals surface area (Å²) < 4.78 is 5.77. The molecule has 0 fully saturated rings. The number of benzene rings is 3. The first-order valence-electron chi connectivity index (χ1n) is 11.5. The van der Waals surface area contributed by atoms with Crippen LogP contribution < -0.4 is 15.6 Å². The molecule has 0 aliphatic rings. The minimum absolute atomic E-state index is 0.00836. The molecular formula is C29H24Cl2N4O3. The van der Waals surface area contributed by atoms with E-state index in [0.29, 0.717) is 22.1 Å². The molecule has 0 atom stereocenters. The summed E-state index contributed by atoms with van der Waals surface area (Å²) in [7, 11) is 3.87. The lowest BCUT2D eigenvalue weighted by Crippen LogP contribution is -2.33. The summed E-state index contributed by atoms with van der Waals surface area (Å²) in [6, 6.07) is 24.8. The minimum atomic E-state index is -0.622. The average molecular weight is 547 g/mol. The fourth-order valence-electron chi connectivity index (χ4n) is 3.44. The number of furan rings is 1. The van der Waals surface area contributed by atoms with Crippen molar-refractivity contribution in [3.8, 4) is 11.3 Å². The first-order chi connectivity index (χ1) is 18.3. The Morgan fingerprint density at radius 1 is 0.895 bits per heavy atom. The van der Waals surface area contributed by atoms with Crippen molar-refractivity contribution in [1.29, 1.82) is 0 Å². The van der Waals surface area contributed by atoms with Gasteiger partial charge in [-0.1, -0.05) is 47.5 Å². The Labute approximate surface area is 230 Å². The van der Waals surface area contributed by atoms with E-state index >= 15 is 0 Å². The number of halogens is 2. The Balaban J connectivity index is 1.52. The lowest BCUT2D eigenvalue weighted by Gasteiger charge is -2.13. The zero-order valence-electron chi connectivity index (χ0n) is 20.6. The van der Waals surface area contributed by atoms with E-state index in [-0.39, 0.29) is 16.3 Å². The number of amides is 2. The maximum absolute atomic E-state index is 13.0. The van der Waals surface area contributed by atoms with Gasteiger partial charge in [-0.15, -0.1) is 0 Å². The second-order valence-corrected chi connectivity index (χ2v) is 9.23. The molecular weight excluding hydrogens is 523 g/mol. The summed E-state index contributed by atoms with van der Waals surface area (Å²) in [5, 5.41) is 7.54. The van der Waals surface area contributed by atoms with Gasteiger partial charge in [0, 0.05) is 30.4 Å². The third-order valence-corrected chi connectivity index (χ3v) is 6.03. The molecule has 4 aromatic rings. The zero-order chi connectivity index (χ0) is 27.1. The summed E-state index contributed by atoms with van der Waals surface area (Å²) >= 11 is 12.1. The smallest absolute Gasteiger partial charge is 0.287 e. The van der Waals surface area contributed by atoms with Gasteiger partial charge in [-0.2, -0.15) is 5.10 Å². The van der Waals surface area contributed by atoms with Gasteiger partial charge in [0.25, 0.3) is 11.8 Å². The van der Waals surface area contributed by atoms with Gasteiger partial charge in [0.05, 0.1) is 16.8 Å². The summed E-state index contributed by atoms with van der Waals surface area (Å²) in [5.41, 5.74) is 5.23. The molecule has 0 bridgehead atoms. The Bertz CT molecular complexity index is 1490. The van der Waals surface area contributed by atoms with Crippen molar-refractivity contribution in [3.05, 3.63) is 118 Å². The molecule has 3 aromatic carbocycles. The molecule has 0 unspecified atom stereocenters. The molecule has 0 spiro atoms. The molecule has 2 amide bonds. The minimum Gasteiger partial charge on any atom is -0.455 e. The van der Waals surface area contributed by atoms with E-state index in [4.69, 9.17) is 27.6 Å². The van der Waals surface area contributed by atoms with Crippen LogP contribution in [0.3, 0.4) is 0 Å². The van der Waals surface area contributed by atoms with Gasteiger partial charge >= 0.3 is 0 Å². The monoisotopic (exact) mass is 546 g/mol. The standard InChI is InChI=1S/C29H24Cl2N4O3/c1-35(2)22-13-7-19(8-14-22)17-26(33-28(36)24-5-3-4-6-25(24)31)29(37)34-32-18-23-15-16-27(38-23)20-9-11-21(30)12-10-20/h3-18H,1-2H3,(H,33,36)(H,34,37)/b26-17+,32-18-. The summed E-state index contributed by atoms with van der Waals surface area (Å²) in [4.78, 5) is 27.9. The maximum Gasteiger partial charge on any atom is 0.287 e. The molecule has 0 saturated carbocycles. The van der Waals surface area contributed by atoms with Gasteiger partial charge in [0.15, 0.2) is 0 Å². The molecule has 0 radical (unpaired) electrons. The fourth-order valence-corrected chi connectivity index (χ4v) is 3.78. The zero-order valence-corrected chi connectivity index (χ0v) is 22.1. The quantitative estimate of drug-likeness (QED) is 0.155. The van der Waals surface area contributed by atoms with Gasteiger partial charge < -0.3 is 14.6 Å². The Kier molecular flexibility index (Phi) is 8.63. The number of hydrazone groups is 1. The van der Waals surface area contributed by atoms with E-state index in [9.17, 15) is 9.59 Å². The fraction of sp³-hybridized carbons (Fsp3) is 0.0690. The molecule has 4 rings (SSSR count). The van der Waals surface area contributed by atoms with E-state index in [1.165, 1.54) is 6.21 Å². The van der Waals surface area contributed by atoms with Crippen molar-refractivity contribution >= 4 is 53.0 Å². The molecule has 38 heavy (non-hydrogen) atoms. The van der Waals surface area contributed by atoms with Crippen LogP contribution >= 0.6 is 23.2 Å². The Hall–Kier alpha value is -4.33. The topological polar surface area (TPSA) is 86.9 Å². The highest BCUT2D eigenvalue weighted by Gasteiger charge is 2.16. The SMILES string of the molecule is CN(C)c1ccc(/C=C(/NC(=O)c2ccccc2Cl)C(=O)N/N=C\c2ccc(-c3ccc(Cl)cc3)o2)cc1. The Morgan fingerprint density at radius 3 is 2.29 bits per heavy atom. The van der Waals surface area contributed by atoms with Crippen molar-refractivity contribution in [2.75, 3.05) is 19.0 Å². The van der Waals surface area contributed by atoms with Crippen molar-refractivity contribution in [2.24, 2.45) is 5.10 Å². The van der Waals surface area contributed by atoms with Crippen LogP contribution in [-0.4, -0.2) is 32.1 Å². The van der Waals surface area contributed by atoms with Gasteiger partial charge in [-0.25, -0.2) is 5.43 Å². The molecule has 0 saturated heterocycles. The van der Waals surface area contributed by atoms with Crippen LogP contribution in [0.5, 0.6) is 0 Å². The second kappa shape index (κ2) is 12.3. The van der Waals surface area contributed by atoms with E-state index in [0.717, 1.165) is 11.3 Å². The number of hydrogen-bond acceptors (Lipinski definition) is 5. The van der Waals surface area contributed by atoms with Gasteiger partial charge in [-0.05, 0) is 72.3 Å². The van der Waals surface area contributed by atoms with Crippen LogP contribution in [0, 0.1) is 0 Å². The van der Waals surface area contributed by atoms with Crippen LogP contribution in [0.1, 0.15) is 21.7 Å². The van der Waals surface area contributed by atoms with Gasteiger partial charge in [0.1, 0.15) is 17.2 Å². The van der Waals surface area contributed by atoms with Crippen molar-refractivity contribution in [3.63, 3.8) is 0 Å². The lowest BCUT2D eigenvalue weighted by atomic mass is 10.1. The van der Waals surface area contributed by atoms with E-state index < -0.39 is 11.8 Å². The highest BCUT2D eigenvalue weighted by molar-refractivity contribution is 6.34. The van der Waals surface area contributed by atoms with Crippen molar-refractivity contribution < 1.29 is 14.0 Å². The predicted octanol–water partition coefficient (Wildman–Crippen LogP) is 6.24. The number of carbonyl (C=O) groups is 2. The number of rotatable bonds is 8. The molecule has 0 aliphatic heterocycles. The summed E-state index contributed by atoms with van der Waals surface area (Å²) in [6.07, 6.45) is 2.93. The number of anilines is 1. The normalized spacial score (nSPS) is 11.4. The van der Waals surface area contributed by atoms with E-state index in [1.54, 1.807) is 54.6 Å². The van der Waals surface area contributed by atoms with Crippen molar-refractivity contribution in [2.45, 2.75) is 0 Å². The van der Waals surface area contributed by atoms with E-state index in [2.05, 4.69) is 15.8 Å². The number of carbonyl (C=O) groups excluding carboxylic acids is 2. The molecule has 2 N–H and O–H groups in total. The summed E-state index contributed by atoms with van der Waals surface area (Å²) in [6.45, 7) is 0. The first kappa shape index (κ1) is 26.7. The first-order valence-corrected chi connectivity index (χ1v) is 12.3. The number of nitrogens with zero attached hydrogens (tertiary/aromatic N) is 2. The molecule has 1 heterocycles. The molecule has 0 aliphatic carbocycles. The number of hydrogen-bond donors (Lipinski definition) is 2. The molecule has 9 heteroatoms. The van der Waals surface area contributed by atoms with Crippen LogP contribution in [0.4, 0.5) is 5.69 Å². The van der Waals surface area contributed by atoms with E-state index in [1.807, 2.05) is 55.4 Å². The second-order valence-electron chi connectivity index (χ2n) is 8.39. The molecule has 7 nitrogen and oxygen atoms in total. The van der Waals surface area contributed by atoms with Crippen molar-refractivity contribution in [1.82, 2.24) is 10.7 Å². The van der Waals surface area contributed by atoms with Crippen LogP contribution in [0.15, 0.2) is 100 Å². The Morgan fingerprint density at radius 2 is 1.61 bits per heavy atom. The largest absolute Gasteiger partial charge is 0.455 e. The van der Waals surface area contributed by atoms with Gasteiger partial charge in [-0.3, -0.25) is 9.59 Å². The van der Waals surface area contributed by atoms with Crippen LogP contribution in [0.25, 0.3) is 17.4 Å². The molecule has 1 aromatic heterocycles. The van der Waals surface area contributed by atoms with Crippen LogP contribution in [-0.2, 0) is 4.79 Å². The highest BCUT2D eigenvalue weighted by atomic mass is 35.5. The maximum atomic E-state index is 13.0. The third kappa shape index (κ3) is 6.91. The lowest BCUT2D eigenvalue weighted by molar-refractivity contribution is -0.117. The summed E-state index contributed by atoms with van der Waals surface area (Å²) in [5.74, 6) is -0.0873. The van der Waals surface area contributed by atoms with Crippen LogP contribution in [0.2, 0.25) is 10.0 Å². The number of nitrogens with one attached hydrogen (secondary N) is 2. The third-order valence-electron chi connectivity index (χ3n) is 5.45. The molecule has 192 valence electrons.